The summed E-state index contributed by atoms with van der Waals surface area (Å²) in [4.78, 5) is 0. The number of hydrogen-bond donors (Lipinski definition) is 0. The van der Waals surface area contributed by atoms with Gasteiger partial charge in [-0.15, -0.1) is 0 Å². The molecular weight excluding hydrogens is 164 g/mol. The summed E-state index contributed by atoms with van der Waals surface area (Å²) in [5.41, 5.74) is 1.06. The van der Waals surface area contributed by atoms with Crippen molar-refractivity contribution in [1.29, 1.82) is 0 Å². The van der Waals surface area contributed by atoms with E-state index in [2.05, 4.69) is 0 Å². The van der Waals surface area contributed by atoms with Gasteiger partial charge in [0, 0.05) is 7.04 Å². The molecule has 2 nitrogen and oxygen atoms in total. The fourth-order valence-electron chi connectivity index (χ4n) is 0.951. The normalized spacial score (nSPS) is 17.2. The molecule has 0 radical (unpaired) electrons. The van der Waals surface area contributed by atoms with E-state index in [1.54, 1.807) is 6.92 Å². The highest BCUT2D eigenvalue weighted by atomic mass is 16.5. The zero-order valence-corrected chi connectivity index (χ0v) is 7.69. The Labute approximate surface area is 83.7 Å². The van der Waals surface area contributed by atoms with Crippen LogP contribution in [0.1, 0.15) is 16.6 Å². The van der Waals surface area contributed by atoms with Crippen LogP contribution in [-0.4, -0.2) is 19.7 Å². The molecule has 1 aromatic carbocycles. The Balaban J connectivity index is 2.21. The molecule has 1 rings (SSSR count). The van der Waals surface area contributed by atoms with Crippen LogP contribution in [0, 0.1) is 0 Å². The third-order valence-corrected chi connectivity index (χ3v) is 1.67. The van der Waals surface area contributed by atoms with Crippen LogP contribution in [-0.2, 0) is 16.1 Å². The second kappa shape index (κ2) is 5.73. The quantitative estimate of drug-likeness (QED) is 0.697. The number of methoxy groups -OCH3 is 1. The minimum atomic E-state index is -2.35. The molecule has 0 saturated heterocycles. The molecule has 1 atom stereocenters. The van der Waals surface area contributed by atoms with Gasteiger partial charge in [0.15, 0.2) is 0 Å². The molecule has 0 spiro atoms. The van der Waals surface area contributed by atoms with Crippen LogP contribution in [0.3, 0.4) is 0 Å². The molecular formula is C11H16O2. The molecule has 0 aliphatic carbocycles. The first kappa shape index (κ1) is 6.57. The Kier molecular flexibility index (Phi) is 2.90. The first-order valence-electron chi connectivity index (χ1n) is 5.77. The Hall–Kier alpha value is -0.860. The van der Waals surface area contributed by atoms with Gasteiger partial charge in [-0.05, 0) is 12.5 Å². The van der Waals surface area contributed by atoms with E-state index in [0.29, 0.717) is 6.61 Å². The van der Waals surface area contributed by atoms with Crippen LogP contribution >= 0.6 is 0 Å². The molecule has 13 heavy (non-hydrogen) atoms. The van der Waals surface area contributed by atoms with Crippen LogP contribution in [0.15, 0.2) is 30.3 Å². The summed E-state index contributed by atoms with van der Waals surface area (Å²) < 4.78 is 30.9. The molecule has 0 unspecified atom stereocenters. The summed E-state index contributed by atoms with van der Waals surface area (Å²) in [6.45, 7) is 2.42. The van der Waals surface area contributed by atoms with Gasteiger partial charge >= 0.3 is 0 Å². The van der Waals surface area contributed by atoms with Gasteiger partial charge < -0.3 is 9.47 Å². The maximum absolute atomic E-state index is 6.92. The van der Waals surface area contributed by atoms with Gasteiger partial charge in [0.2, 0.25) is 0 Å². The molecule has 0 aliphatic heterocycles. The topological polar surface area (TPSA) is 18.5 Å². The Bertz CT molecular complexity index is 298. The molecule has 0 aromatic heterocycles. The smallest absolute Gasteiger partial charge is 0.0776 e. The van der Waals surface area contributed by atoms with Crippen molar-refractivity contribution in [2.24, 2.45) is 0 Å². The van der Waals surface area contributed by atoms with Crippen LogP contribution in [0.4, 0.5) is 0 Å². The minimum Gasteiger partial charge on any atom is -0.379 e. The van der Waals surface area contributed by atoms with Gasteiger partial charge in [0.1, 0.15) is 0 Å². The fraction of sp³-hybridized carbons (Fsp3) is 0.455. The minimum absolute atomic E-state index is 0.271. The third kappa shape index (κ3) is 4.06. The summed E-state index contributed by atoms with van der Waals surface area (Å²) in [5, 5.41) is 0. The monoisotopic (exact) mass is 183 g/mol. The standard InChI is InChI=1S/C11H16O2/c1-10(12-2)8-13-9-11-6-4-3-5-7-11/h3-7,10H,8-9H2,1-2H3/t10-/m1/s1/i2D3. The molecule has 0 amide bonds. The van der Waals surface area contributed by atoms with Crippen molar-refractivity contribution in [3.8, 4) is 0 Å². The highest BCUT2D eigenvalue weighted by Crippen LogP contribution is 2.01. The van der Waals surface area contributed by atoms with Crippen molar-refractivity contribution in [3.63, 3.8) is 0 Å². The zero-order valence-electron chi connectivity index (χ0n) is 10.7. The summed E-state index contributed by atoms with van der Waals surface area (Å²) in [5.74, 6) is 0. The van der Waals surface area contributed by atoms with Crippen molar-refractivity contribution in [2.75, 3.05) is 13.6 Å². The summed E-state index contributed by atoms with van der Waals surface area (Å²) in [6, 6.07) is 9.70. The largest absolute Gasteiger partial charge is 0.379 e. The van der Waals surface area contributed by atoms with E-state index in [1.165, 1.54) is 0 Å². The van der Waals surface area contributed by atoms with Crippen molar-refractivity contribution in [2.45, 2.75) is 19.6 Å². The van der Waals surface area contributed by atoms with Crippen LogP contribution in [0.5, 0.6) is 0 Å². The van der Waals surface area contributed by atoms with Gasteiger partial charge in [-0.2, -0.15) is 0 Å². The molecule has 1 aromatic rings. The van der Waals surface area contributed by atoms with E-state index in [9.17, 15) is 0 Å². The number of benzene rings is 1. The van der Waals surface area contributed by atoms with E-state index in [4.69, 9.17) is 13.6 Å². The zero-order chi connectivity index (χ0) is 12.0. The van der Waals surface area contributed by atoms with Crippen LogP contribution < -0.4 is 0 Å². The van der Waals surface area contributed by atoms with Gasteiger partial charge in [0.05, 0.1) is 23.4 Å². The molecule has 2 heteroatoms. The first-order chi connectivity index (χ1) is 7.47. The van der Waals surface area contributed by atoms with Gasteiger partial charge in [-0.1, -0.05) is 30.3 Å². The van der Waals surface area contributed by atoms with Crippen LogP contribution in [0.2, 0.25) is 0 Å². The van der Waals surface area contributed by atoms with E-state index in [0.717, 1.165) is 5.56 Å². The van der Waals surface area contributed by atoms with E-state index in [-0.39, 0.29) is 6.61 Å². The summed E-state index contributed by atoms with van der Waals surface area (Å²) in [6.07, 6.45) is -0.434. The number of rotatable bonds is 5. The lowest BCUT2D eigenvalue weighted by atomic mass is 10.2. The Morgan fingerprint density at radius 3 is 2.85 bits per heavy atom. The van der Waals surface area contributed by atoms with Gasteiger partial charge in [-0.3, -0.25) is 0 Å². The summed E-state index contributed by atoms with van der Waals surface area (Å²) in [7, 11) is -2.35. The van der Waals surface area contributed by atoms with Crippen molar-refractivity contribution in [3.05, 3.63) is 35.9 Å². The summed E-state index contributed by atoms with van der Waals surface area (Å²) >= 11 is 0. The second-order valence-electron chi connectivity index (χ2n) is 2.93. The Morgan fingerprint density at radius 2 is 2.15 bits per heavy atom. The van der Waals surface area contributed by atoms with Crippen molar-refractivity contribution in [1.82, 2.24) is 0 Å². The van der Waals surface area contributed by atoms with Crippen molar-refractivity contribution >= 4 is 0 Å². The lowest BCUT2D eigenvalue weighted by Crippen LogP contribution is -2.13. The van der Waals surface area contributed by atoms with Crippen LogP contribution in [0.25, 0.3) is 0 Å². The molecule has 0 N–H and O–H groups in total. The average Bonchev–Trinajstić information content (AvgIpc) is 2.16. The highest BCUT2D eigenvalue weighted by Gasteiger charge is 1.98. The van der Waals surface area contributed by atoms with Crippen molar-refractivity contribution < 1.29 is 13.6 Å². The molecule has 0 fully saturated rings. The second-order valence-corrected chi connectivity index (χ2v) is 2.93. The molecule has 0 bridgehead atoms. The van der Waals surface area contributed by atoms with E-state index >= 15 is 0 Å². The molecule has 72 valence electrons. The SMILES string of the molecule is [2H]C([2H])([2H])O[C@H](C)COCc1ccccc1. The Morgan fingerprint density at radius 1 is 1.38 bits per heavy atom. The highest BCUT2D eigenvalue weighted by molar-refractivity contribution is 5.13. The maximum atomic E-state index is 6.92. The van der Waals surface area contributed by atoms with Gasteiger partial charge in [-0.25, -0.2) is 0 Å². The maximum Gasteiger partial charge on any atom is 0.0776 e. The van der Waals surface area contributed by atoms with E-state index in [1.807, 2.05) is 30.3 Å². The first-order valence-corrected chi connectivity index (χ1v) is 4.27. The molecule has 0 heterocycles. The number of ether oxygens (including phenoxy) is 2. The lowest BCUT2D eigenvalue weighted by molar-refractivity contribution is 0.0117. The third-order valence-electron chi connectivity index (χ3n) is 1.67. The lowest BCUT2D eigenvalue weighted by Gasteiger charge is -2.09. The predicted molar refractivity (Wildman–Crippen MR) is 52.6 cm³/mol. The predicted octanol–water partition coefficient (Wildman–Crippen LogP) is 2.24. The number of hydrogen-bond acceptors (Lipinski definition) is 2. The molecule has 0 saturated carbocycles. The average molecular weight is 183 g/mol. The van der Waals surface area contributed by atoms with Gasteiger partial charge in [0.25, 0.3) is 0 Å². The molecule has 0 aliphatic rings. The van der Waals surface area contributed by atoms with E-state index < -0.39 is 13.1 Å². The fourth-order valence-corrected chi connectivity index (χ4v) is 0.951.